The molecule has 0 saturated carbocycles. The minimum atomic E-state index is -3.74. The molecule has 0 bridgehead atoms. The average molecular weight is 319 g/mol. The van der Waals surface area contributed by atoms with Crippen molar-refractivity contribution in [2.24, 2.45) is 5.92 Å². The molecule has 0 amide bonds. The number of non-ortho nitro benzene ring substituents is 1. The highest BCUT2D eigenvalue weighted by Crippen LogP contribution is 2.19. The van der Waals surface area contributed by atoms with Gasteiger partial charge in [0.2, 0.25) is 0 Å². The van der Waals surface area contributed by atoms with Crippen LogP contribution in [-0.4, -0.2) is 32.2 Å². The zero-order valence-electron chi connectivity index (χ0n) is 11.4. The number of nitrogens with zero attached hydrogens (tertiary/aromatic N) is 1. The summed E-state index contributed by atoms with van der Waals surface area (Å²) in [5.74, 6) is -3.51. The van der Waals surface area contributed by atoms with Crippen LogP contribution in [0, 0.1) is 21.8 Å². The second-order valence-corrected chi connectivity index (χ2v) is 6.66. The molecule has 1 atom stereocenters. The van der Waals surface area contributed by atoms with Crippen LogP contribution >= 0.6 is 0 Å². The number of ether oxygens (including phenoxy) is 1. The molecule has 0 fully saturated rings. The largest absolute Gasteiger partial charge is 0.469 e. The molecule has 1 aromatic rings. The van der Waals surface area contributed by atoms with E-state index in [2.05, 4.69) is 4.74 Å². The minimum Gasteiger partial charge on any atom is -0.469 e. The summed E-state index contributed by atoms with van der Waals surface area (Å²) in [4.78, 5) is 21.0. The van der Waals surface area contributed by atoms with Crippen LogP contribution in [0.25, 0.3) is 0 Å². The van der Waals surface area contributed by atoms with Gasteiger partial charge in [0.15, 0.2) is 9.84 Å². The van der Waals surface area contributed by atoms with Crippen LogP contribution in [0.1, 0.15) is 12.5 Å². The number of carbonyl (C=O) groups is 1. The molecule has 0 N–H and O–H groups in total. The number of esters is 1. The van der Waals surface area contributed by atoms with Crippen LogP contribution < -0.4 is 0 Å². The van der Waals surface area contributed by atoms with E-state index in [4.69, 9.17) is 0 Å². The molecule has 1 unspecified atom stereocenters. The lowest BCUT2D eigenvalue weighted by Gasteiger charge is -2.10. The number of methoxy groups -OCH3 is 1. The van der Waals surface area contributed by atoms with Gasteiger partial charge in [-0.2, -0.15) is 0 Å². The van der Waals surface area contributed by atoms with Crippen LogP contribution in [0.4, 0.5) is 10.1 Å². The number of carbonyl (C=O) groups excluding carboxylic acids is 1. The summed E-state index contributed by atoms with van der Waals surface area (Å²) in [6.07, 6.45) is 0. The van der Waals surface area contributed by atoms with Gasteiger partial charge in [0, 0.05) is 6.07 Å². The first-order chi connectivity index (χ1) is 9.64. The van der Waals surface area contributed by atoms with Crippen LogP contribution in [0.15, 0.2) is 18.2 Å². The van der Waals surface area contributed by atoms with Gasteiger partial charge in [0.05, 0.1) is 35.5 Å². The fourth-order valence-electron chi connectivity index (χ4n) is 1.79. The number of hydrogen-bond acceptors (Lipinski definition) is 6. The summed E-state index contributed by atoms with van der Waals surface area (Å²) in [5.41, 5.74) is -0.569. The van der Waals surface area contributed by atoms with Gasteiger partial charge in [-0.05, 0) is 11.6 Å². The highest BCUT2D eigenvalue weighted by Gasteiger charge is 2.23. The summed E-state index contributed by atoms with van der Waals surface area (Å²) in [6, 6.07) is 2.60. The molecule has 0 radical (unpaired) electrons. The molecule has 0 aliphatic heterocycles. The van der Waals surface area contributed by atoms with E-state index in [9.17, 15) is 27.7 Å². The predicted molar refractivity (Wildman–Crippen MR) is 71.7 cm³/mol. The number of nitro groups is 1. The maximum atomic E-state index is 13.2. The van der Waals surface area contributed by atoms with Crippen molar-refractivity contribution in [2.75, 3.05) is 12.9 Å². The van der Waals surface area contributed by atoms with E-state index in [1.807, 2.05) is 0 Å². The quantitative estimate of drug-likeness (QED) is 0.446. The second kappa shape index (κ2) is 6.61. The molecule has 0 aliphatic carbocycles. The van der Waals surface area contributed by atoms with E-state index < -0.39 is 49.7 Å². The number of benzene rings is 1. The molecule has 7 nitrogen and oxygen atoms in total. The Morgan fingerprint density at radius 1 is 1.43 bits per heavy atom. The highest BCUT2D eigenvalue weighted by atomic mass is 32.2. The lowest BCUT2D eigenvalue weighted by atomic mass is 10.2. The molecule has 0 aromatic heterocycles. The Morgan fingerprint density at radius 3 is 2.57 bits per heavy atom. The van der Waals surface area contributed by atoms with Gasteiger partial charge < -0.3 is 4.74 Å². The molecule has 21 heavy (non-hydrogen) atoms. The Morgan fingerprint density at radius 2 is 2.05 bits per heavy atom. The lowest BCUT2D eigenvalue weighted by molar-refractivity contribution is -0.385. The van der Waals surface area contributed by atoms with Gasteiger partial charge in [-0.15, -0.1) is 0 Å². The first kappa shape index (κ1) is 17.0. The standard InChI is InChI=1S/C12H14FNO6S/c1-8(12(15)20-2)6-21(18,19)7-9-3-10(13)5-11(4-9)14(16)17/h3-5,8H,6-7H2,1-2H3. The summed E-state index contributed by atoms with van der Waals surface area (Å²) >= 11 is 0. The number of hydrogen-bond donors (Lipinski definition) is 0. The Kier molecular flexibility index (Phi) is 5.36. The van der Waals surface area contributed by atoms with E-state index in [0.29, 0.717) is 6.07 Å². The molecular formula is C12H14FNO6S. The summed E-state index contributed by atoms with van der Waals surface area (Å²) in [5, 5.41) is 10.6. The van der Waals surface area contributed by atoms with Crippen LogP contribution in [0.2, 0.25) is 0 Å². The molecule has 0 saturated heterocycles. The molecule has 0 aliphatic rings. The summed E-state index contributed by atoms with van der Waals surface area (Å²) in [7, 11) is -2.60. The number of sulfone groups is 1. The smallest absolute Gasteiger partial charge is 0.309 e. The van der Waals surface area contributed by atoms with Gasteiger partial charge in [-0.1, -0.05) is 6.92 Å². The average Bonchev–Trinajstić information content (AvgIpc) is 2.35. The van der Waals surface area contributed by atoms with Crippen LogP contribution in [-0.2, 0) is 25.1 Å². The Hall–Kier alpha value is -2.03. The predicted octanol–water partition coefficient (Wildman–Crippen LogP) is 1.46. The molecule has 0 heterocycles. The zero-order valence-corrected chi connectivity index (χ0v) is 12.2. The van der Waals surface area contributed by atoms with E-state index in [1.165, 1.54) is 6.92 Å². The maximum absolute atomic E-state index is 13.2. The van der Waals surface area contributed by atoms with E-state index in [1.54, 1.807) is 0 Å². The SMILES string of the molecule is COC(=O)C(C)CS(=O)(=O)Cc1cc(F)cc([N+](=O)[O-])c1. The van der Waals surface area contributed by atoms with Gasteiger partial charge in [0.1, 0.15) is 5.82 Å². The fraction of sp³-hybridized carbons (Fsp3) is 0.417. The van der Waals surface area contributed by atoms with Crippen molar-refractivity contribution in [3.8, 4) is 0 Å². The third-order valence-electron chi connectivity index (χ3n) is 2.65. The molecular weight excluding hydrogens is 305 g/mol. The summed E-state index contributed by atoms with van der Waals surface area (Å²) in [6.45, 7) is 1.39. The van der Waals surface area contributed by atoms with Gasteiger partial charge >= 0.3 is 5.97 Å². The third kappa shape index (κ3) is 5.10. The van der Waals surface area contributed by atoms with E-state index >= 15 is 0 Å². The lowest BCUT2D eigenvalue weighted by Crippen LogP contribution is -2.23. The van der Waals surface area contributed by atoms with E-state index in [0.717, 1.165) is 19.2 Å². The normalized spacial score (nSPS) is 12.7. The zero-order chi connectivity index (χ0) is 16.2. The monoisotopic (exact) mass is 319 g/mol. The maximum Gasteiger partial charge on any atom is 0.309 e. The second-order valence-electron chi connectivity index (χ2n) is 4.55. The van der Waals surface area contributed by atoms with Gasteiger partial charge in [-0.3, -0.25) is 14.9 Å². The summed E-state index contributed by atoms with van der Waals surface area (Å²) < 4.78 is 41.5. The van der Waals surface area contributed by atoms with Crippen molar-refractivity contribution in [3.05, 3.63) is 39.7 Å². The Labute approximate surface area is 120 Å². The number of nitro benzene ring substituents is 1. The van der Waals surface area contributed by atoms with Crippen molar-refractivity contribution in [1.82, 2.24) is 0 Å². The number of rotatable bonds is 6. The molecule has 1 aromatic carbocycles. The first-order valence-electron chi connectivity index (χ1n) is 5.86. The van der Waals surface area contributed by atoms with Crippen molar-refractivity contribution in [3.63, 3.8) is 0 Å². The molecule has 1 rings (SSSR count). The van der Waals surface area contributed by atoms with Crippen molar-refractivity contribution in [1.29, 1.82) is 0 Å². The molecule has 116 valence electrons. The Balaban J connectivity index is 2.94. The fourth-order valence-corrected chi connectivity index (χ4v) is 3.48. The third-order valence-corrected chi connectivity index (χ3v) is 4.43. The Bertz CT molecular complexity index is 658. The van der Waals surface area contributed by atoms with Crippen LogP contribution in [0.3, 0.4) is 0 Å². The van der Waals surface area contributed by atoms with Crippen molar-refractivity contribution < 1.29 is 27.3 Å². The first-order valence-corrected chi connectivity index (χ1v) is 7.69. The van der Waals surface area contributed by atoms with Gasteiger partial charge in [-0.25, -0.2) is 12.8 Å². The minimum absolute atomic E-state index is 0.0428. The molecule has 9 heteroatoms. The molecule has 0 spiro atoms. The van der Waals surface area contributed by atoms with Gasteiger partial charge in [0.25, 0.3) is 5.69 Å². The van der Waals surface area contributed by atoms with Crippen molar-refractivity contribution in [2.45, 2.75) is 12.7 Å². The van der Waals surface area contributed by atoms with E-state index in [-0.39, 0.29) is 5.56 Å². The number of halogens is 1. The highest BCUT2D eigenvalue weighted by molar-refractivity contribution is 7.90. The topological polar surface area (TPSA) is 104 Å². The van der Waals surface area contributed by atoms with Crippen molar-refractivity contribution >= 4 is 21.5 Å². The van der Waals surface area contributed by atoms with Crippen LogP contribution in [0.5, 0.6) is 0 Å².